The van der Waals surface area contributed by atoms with Gasteiger partial charge in [-0.2, -0.15) is 0 Å². The highest BCUT2D eigenvalue weighted by molar-refractivity contribution is 5.74. The number of piperidine rings is 1. The van der Waals surface area contributed by atoms with Crippen molar-refractivity contribution in [1.82, 2.24) is 10.2 Å². The van der Waals surface area contributed by atoms with Crippen molar-refractivity contribution in [2.45, 2.75) is 70.8 Å². The predicted octanol–water partition coefficient (Wildman–Crippen LogP) is 2.90. The molecule has 1 aliphatic carbocycles. The van der Waals surface area contributed by atoms with Gasteiger partial charge in [-0.15, -0.1) is 0 Å². The molecule has 2 amide bonds. The Hall–Kier alpha value is -0.770. The van der Waals surface area contributed by atoms with Gasteiger partial charge in [-0.1, -0.05) is 19.3 Å². The molecule has 2 aliphatic rings. The number of hydrogen-bond acceptors (Lipinski definition) is 2. The lowest BCUT2D eigenvalue weighted by atomic mass is 9.68. The van der Waals surface area contributed by atoms with Crippen molar-refractivity contribution in [3.63, 3.8) is 0 Å². The topological polar surface area (TPSA) is 52.6 Å². The predicted molar refractivity (Wildman–Crippen MR) is 80.6 cm³/mol. The summed E-state index contributed by atoms with van der Waals surface area (Å²) in [7, 11) is 0. The number of nitrogens with one attached hydrogen (secondary N) is 1. The second kappa shape index (κ2) is 7.30. The van der Waals surface area contributed by atoms with E-state index in [9.17, 15) is 4.79 Å². The van der Waals surface area contributed by atoms with E-state index in [-0.39, 0.29) is 18.7 Å². The maximum absolute atomic E-state index is 12.2. The van der Waals surface area contributed by atoms with E-state index >= 15 is 0 Å². The minimum Gasteiger partial charge on any atom is -0.396 e. The average molecular weight is 282 g/mol. The van der Waals surface area contributed by atoms with Crippen LogP contribution in [0.3, 0.4) is 0 Å². The van der Waals surface area contributed by atoms with Gasteiger partial charge in [0, 0.05) is 25.7 Å². The minimum absolute atomic E-state index is 0.0844. The summed E-state index contributed by atoms with van der Waals surface area (Å²) in [6.45, 7) is 4.05. The molecule has 1 spiro atoms. The van der Waals surface area contributed by atoms with E-state index in [1.54, 1.807) is 0 Å². The van der Waals surface area contributed by atoms with Crippen molar-refractivity contribution in [3.8, 4) is 0 Å². The summed E-state index contributed by atoms with van der Waals surface area (Å²) in [5, 5.41) is 11.9. The largest absolute Gasteiger partial charge is 0.396 e. The lowest BCUT2D eigenvalue weighted by Gasteiger charge is -2.44. The van der Waals surface area contributed by atoms with Gasteiger partial charge in [-0.05, 0) is 50.9 Å². The van der Waals surface area contributed by atoms with Crippen LogP contribution in [0.1, 0.15) is 64.7 Å². The third-order valence-corrected chi connectivity index (χ3v) is 5.19. The number of amides is 2. The lowest BCUT2D eigenvalue weighted by molar-refractivity contribution is 0.0804. The van der Waals surface area contributed by atoms with Crippen LogP contribution in [0, 0.1) is 5.41 Å². The van der Waals surface area contributed by atoms with Crippen molar-refractivity contribution in [2.24, 2.45) is 5.41 Å². The summed E-state index contributed by atoms with van der Waals surface area (Å²) >= 11 is 0. The Morgan fingerprint density at radius 3 is 2.45 bits per heavy atom. The van der Waals surface area contributed by atoms with Crippen molar-refractivity contribution < 1.29 is 9.90 Å². The van der Waals surface area contributed by atoms with Crippen LogP contribution in [0.15, 0.2) is 0 Å². The summed E-state index contributed by atoms with van der Waals surface area (Å²) in [5.41, 5.74) is 0.553. The molecule has 1 unspecified atom stereocenters. The van der Waals surface area contributed by atoms with Crippen molar-refractivity contribution >= 4 is 6.03 Å². The quantitative estimate of drug-likeness (QED) is 0.833. The Bertz CT molecular complexity index is 304. The van der Waals surface area contributed by atoms with Crippen LogP contribution in [0.5, 0.6) is 0 Å². The molecular formula is C16H30N2O2. The fourth-order valence-corrected chi connectivity index (χ4v) is 3.76. The van der Waals surface area contributed by atoms with Crippen LogP contribution in [0.4, 0.5) is 4.79 Å². The number of carbonyl (C=O) groups excluding carboxylic acids is 1. The zero-order valence-corrected chi connectivity index (χ0v) is 12.9. The first-order valence-corrected chi connectivity index (χ1v) is 8.31. The Balaban J connectivity index is 1.73. The number of aliphatic hydroxyl groups excluding tert-OH is 1. The Labute approximate surface area is 122 Å². The van der Waals surface area contributed by atoms with E-state index in [0.29, 0.717) is 5.41 Å². The fourth-order valence-electron chi connectivity index (χ4n) is 3.76. The van der Waals surface area contributed by atoms with Crippen molar-refractivity contribution in [1.29, 1.82) is 0 Å². The highest BCUT2D eigenvalue weighted by Gasteiger charge is 2.36. The molecule has 1 aliphatic heterocycles. The Kier molecular flexibility index (Phi) is 5.70. The molecule has 2 fully saturated rings. The van der Waals surface area contributed by atoms with Gasteiger partial charge in [0.1, 0.15) is 0 Å². The van der Waals surface area contributed by atoms with Crippen molar-refractivity contribution in [3.05, 3.63) is 0 Å². The summed E-state index contributed by atoms with van der Waals surface area (Å²) in [5.74, 6) is 0. The van der Waals surface area contributed by atoms with Crippen LogP contribution < -0.4 is 5.32 Å². The smallest absolute Gasteiger partial charge is 0.317 e. The molecule has 0 radical (unpaired) electrons. The third-order valence-electron chi connectivity index (χ3n) is 5.19. The van der Waals surface area contributed by atoms with Crippen LogP contribution in [-0.2, 0) is 0 Å². The number of carbonyl (C=O) groups is 1. The van der Waals surface area contributed by atoms with Gasteiger partial charge in [0.15, 0.2) is 0 Å². The monoisotopic (exact) mass is 282 g/mol. The van der Waals surface area contributed by atoms with E-state index in [4.69, 9.17) is 5.11 Å². The molecule has 116 valence electrons. The Morgan fingerprint density at radius 1 is 1.20 bits per heavy atom. The second-order valence-electron chi connectivity index (χ2n) is 6.76. The highest BCUT2D eigenvalue weighted by Crippen LogP contribution is 2.44. The first kappa shape index (κ1) is 15.6. The molecule has 0 bridgehead atoms. The minimum atomic E-state index is 0.0844. The number of likely N-dealkylation sites (tertiary alicyclic amines) is 1. The summed E-state index contributed by atoms with van der Waals surface area (Å²) < 4.78 is 0. The Morgan fingerprint density at radius 2 is 1.85 bits per heavy atom. The van der Waals surface area contributed by atoms with Gasteiger partial charge in [0.25, 0.3) is 0 Å². The standard InChI is InChI=1S/C16H30N2O2/c1-14(6-5-13-19)17-15(20)18-11-9-16(10-12-18)7-3-2-4-8-16/h14,19H,2-13H2,1H3,(H,17,20). The number of nitrogens with zero attached hydrogens (tertiary/aromatic N) is 1. The zero-order valence-electron chi connectivity index (χ0n) is 12.9. The zero-order chi connectivity index (χ0) is 14.4. The SMILES string of the molecule is CC(CCCO)NC(=O)N1CCC2(CCCCC2)CC1. The molecule has 1 heterocycles. The van der Waals surface area contributed by atoms with E-state index in [0.717, 1.165) is 25.9 Å². The molecule has 1 atom stereocenters. The molecule has 4 heteroatoms. The number of aliphatic hydroxyl groups is 1. The molecule has 2 rings (SSSR count). The molecule has 20 heavy (non-hydrogen) atoms. The lowest BCUT2D eigenvalue weighted by Crippen LogP contribution is -2.49. The molecule has 1 saturated heterocycles. The van der Waals surface area contributed by atoms with Crippen LogP contribution in [0.2, 0.25) is 0 Å². The summed E-state index contributed by atoms with van der Waals surface area (Å²) in [6.07, 6.45) is 10.9. The molecule has 0 aromatic carbocycles. The van der Waals surface area contributed by atoms with E-state index < -0.39 is 0 Å². The number of urea groups is 1. The fraction of sp³-hybridized carbons (Fsp3) is 0.938. The van der Waals surface area contributed by atoms with E-state index in [1.165, 1.54) is 44.9 Å². The van der Waals surface area contributed by atoms with Crippen LogP contribution in [0.25, 0.3) is 0 Å². The molecule has 1 saturated carbocycles. The van der Waals surface area contributed by atoms with Gasteiger partial charge in [0.2, 0.25) is 0 Å². The number of rotatable bonds is 4. The molecule has 0 aromatic rings. The van der Waals surface area contributed by atoms with Gasteiger partial charge in [-0.3, -0.25) is 0 Å². The van der Waals surface area contributed by atoms with Crippen LogP contribution >= 0.6 is 0 Å². The molecular weight excluding hydrogens is 252 g/mol. The number of hydrogen-bond donors (Lipinski definition) is 2. The average Bonchev–Trinajstić information content (AvgIpc) is 2.46. The van der Waals surface area contributed by atoms with Gasteiger partial charge in [-0.25, -0.2) is 4.79 Å². The molecule has 0 aromatic heterocycles. The maximum Gasteiger partial charge on any atom is 0.317 e. The highest BCUT2D eigenvalue weighted by atomic mass is 16.3. The summed E-state index contributed by atoms with van der Waals surface area (Å²) in [4.78, 5) is 14.2. The van der Waals surface area contributed by atoms with E-state index in [2.05, 4.69) is 5.32 Å². The molecule has 2 N–H and O–H groups in total. The molecule has 4 nitrogen and oxygen atoms in total. The summed E-state index contributed by atoms with van der Waals surface area (Å²) in [6, 6.07) is 0.237. The van der Waals surface area contributed by atoms with Crippen molar-refractivity contribution in [2.75, 3.05) is 19.7 Å². The normalized spacial score (nSPS) is 23.6. The second-order valence-corrected chi connectivity index (χ2v) is 6.76. The van der Waals surface area contributed by atoms with Gasteiger partial charge < -0.3 is 15.3 Å². The van der Waals surface area contributed by atoms with Crippen LogP contribution in [-0.4, -0.2) is 41.8 Å². The third kappa shape index (κ3) is 4.11. The van der Waals surface area contributed by atoms with E-state index in [1.807, 2.05) is 11.8 Å². The first-order chi connectivity index (χ1) is 9.65. The van der Waals surface area contributed by atoms with Gasteiger partial charge in [0.05, 0.1) is 0 Å². The first-order valence-electron chi connectivity index (χ1n) is 8.31. The maximum atomic E-state index is 12.2. The van der Waals surface area contributed by atoms with Gasteiger partial charge >= 0.3 is 6.03 Å².